The number of carbonyl (C=O) groups excluding carboxylic acids is 6. The molecular weight excluding hydrogens is 994 g/mol. The molecule has 4 amide bonds. The Balaban J connectivity index is 1.28. The number of hydrogen-bond acceptors (Lipinski definition) is 12. The van der Waals surface area contributed by atoms with E-state index >= 15 is 0 Å². The lowest BCUT2D eigenvalue weighted by atomic mass is 10.1. The number of carbonyl (C=O) groups is 6. The van der Waals surface area contributed by atoms with Crippen molar-refractivity contribution >= 4 is 127 Å². The molecule has 3 atom stereocenters. The zero-order valence-corrected chi connectivity index (χ0v) is 41.4. The molecule has 0 bridgehead atoms. The number of benzene rings is 5. The van der Waals surface area contributed by atoms with Crippen molar-refractivity contribution in [3.05, 3.63) is 129 Å². The number of hydrogen-bond donors (Lipinski definition) is 4. The summed E-state index contributed by atoms with van der Waals surface area (Å²) < 4.78 is 10.9. The molecule has 0 spiro atoms. The van der Waals surface area contributed by atoms with Crippen LogP contribution in [-0.2, 0) is 32.0 Å². The number of halogens is 5. The van der Waals surface area contributed by atoms with Crippen LogP contribution in [0, 0.1) is 0 Å². The Labute approximate surface area is 422 Å². The summed E-state index contributed by atoms with van der Waals surface area (Å²) in [5, 5.41) is 26.4. The van der Waals surface area contributed by atoms with Gasteiger partial charge in [-0.3, -0.25) is 28.8 Å². The van der Waals surface area contributed by atoms with E-state index in [1.165, 1.54) is 68.8 Å². The third-order valence-corrected chi connectivity index (χ3v) is 11.0. The van der Waals surface area contributed by atoms with E-state index in [0.29, 0.717) is 53.0 Å². The van der Waals surface area contributed by atoms with Gasteiger partial charge in [-0.1, -0.05) is 35.3 Å². The molecule has 5 rings (SSSR count). The minimum atomic E-state index is -1.64. The minimum Gasteiger partial charge on any atom is -0.495 e. The molecule has 0 heterocycles. The number of amides is 4. The van der Waals surface area contributed by atoms with E-state index in [0.717, 1.165) is 25.0 Å². The van der Waals surface area contributed by atoms with Crippen molar-refractivity contribution in [1.82, 2.24) is 0 Å². The fourth-order valence-corrected chi connectivity index (χ4v) is 7.58. The SMILES string of the molecule is COc1cc(CCCl)ccc1NC(=O)c1cc(Cl)cc(N=NC(C(C)=O)C(=O)Nc2ccc(NC(=O)C(N=Nc3cc(Cl)cc(C(=O)Nc4ccc(CCCl)cc4OC)c3)C(C)=O)c(C(C)Cl)c2)c1. The maximum atomic E-state index is 13.5. The first kappa shape index (κ1) is 53.5. The summed E-state index contributed by atoms with van der Waals surface area (Å²) in [6, 6.07) is 20.0. The molecule has 21 heteroatoms. The summed E-state index contributed by atoms with van der Waals surface area (Å²) in [5.41, 5.74) is 3.72. The van der Waals surface area contributed by atoms with Gasteiger partial charge >= 0.3 is 0 Å². The topological polar surface area (TPSA) is 218 Å². The van der Waals surface area contributed by atoms with Crippen molar-refractivity contribution in [2.45, 2.75) is 51.1 Å². The van der Waals surface area contributed by atoms with Gasteiger partial charge in [0.15, 0.2) is 11.6 Å². The maximum absolute atomic E-state index is 13.5. The molecule has 0 aliphatic rings. The van der Waals surface area contributed by atoms with Gasteiger partial charge in [0.05, 0.1) is 42.3 Å². The van der Waals surface area contributed by atoms with Crippen LogP contribution in [0.25, 0.3) is 0 Å². The first-order valence-corrected chi connectivity index (χ1v) is 23.1. The van der Waals surface area contributed by atoms with Crippen LogP contribution in [0.4, 0.5) is 34.1 Å². The lowest BCUT2D eigenvalue weighted by molar-refractivity contribution is -0.127. The van der Waals surface area contributed by atoms with E-state index in [2.05, 4.69) is 41.7 Å². The lowest BCUT2D eigenvalue weighted by Crippen LogP contribution is -2.32. The number of aryl methyl sites for hydroxylation is 2. The van der Waals surface area contributed by atoms with E-state index in [9.17, 15) is 28.8 Å². The van der Waals surface area contributed by atoms with E-state index in [-0.39, 0.29) is 43.9 Å². The molecule has 0 fully saturated rings. The van der Waals surface area contributed by atoms with Gasteiger partial charge in [0.2, 0.25) is 12.1 Å². The van der Waals surface area contributed by atoms with E-state index in [4.69, 9.17) is 67.5 Å². The van der Waals surface area contributed by atoms with Crippen LogP contribution in [0.5, 0.6) is 11.5 Å². The van der Waals surface area contributed by atoms with E-state index in [1.807, 2.05) is 12.1 Å². The Morgan fingerprint density at radius 2 is 1.00 bits per heavy atom. The summed E-state index contributed by atoms with van der Waals surface area (Å²) in [6.07, 6.45) is 1.22. The first-order chi connectivity index (χ1) is 32.9. The number of nitrogens with one attached hydrogen (secondary N) is 4. The van der Waals surface area contributed by atoms with Gasteiger partial charge in [-0.25, -0.2) is 0 Å². The predicted molar refractivity (Wildman–Crippen MR) is 270 cm³/mol. The summed E-state index contributed by atoms with van der Waals surface area (Å²) in [6.45, 7) is 3.93. The number of Topliss-reactive ketones (excluding diaryl/α,β-unsaturated/α-hetero) is 2. The van der Waals surface area contributed by atoms with Gasteiger partial charge in [0.25, 0.3) is 23.6 Å². The van der Waals surface area contributed by atoms with Crippen molar-refractivity contribution in [3.63, 3.8) is 0 Å². The fourth-order valence-electron chi connectivity index (χ4n) is 6.50. The molecule has 3 unspecified atom stereocenters. The van der Waals surface area contributed by atoms with Gasteiger partial charge < -0.3 is 30.7 Å². The molecule has 0 saturated carbocycles. The number of azo groups is 2. The number of rotatable bonds is 21. The second-order valence-electron chi connectivity index (χ2n) is 15.1. The third-order valence-electron chi connectivity index (χ3n) is 9.93. The average molecular weight is 1040 g/mol. The van der Waals surface area contributed by atoms with Crippen molar-refractivity contribution in [2.75, 3.05) is 47.2 Å². The third kappa shape index (κ3) is 15.0. The van der Waals surface area contributed by atoms with E-state index < -0.39 is 52.7 Å². The Hall–Kier alpha value is -6.43. The molecular formula is C48H45Cl5N8O8. The number of methoxy groups -OCH3 is 2. The molecule has 69 heavy (non-hydrogen) atoms. The Morgan fingerprint density at radius 3 is 1.41 bits per heavy atom. The summed E-state index contributed by atoms with van der Waals surface area (Å²) >= 11 is 30.9. The average Bonchev–Trinajstić information content (AvgIpc) is 3.30. The minimum absolute atomic E-state index is 0.0807. The zero-order valence-electron chi connectivity index (χ0n) is 37.7. The zero-order chi connectivity index (χ0) is 50.4. The van der Waals surface area contributed by atoms with Gasteiger partial charge in [0.1, 0.15) is 11.5 Å². The van der Waals surface area contributed by atoms with Crippen molar-refractivity contribution in [3.8, 4) is 11.5 Å². The molecule has 0 aliphatic heterocycles. The molecule has 0 aliphatic carbocycles. The summed E-state index contributed by atoms with van der Waals surface area (Å²) in [5.74, 6) is -2.42. The molecule has 360 valence electrons. The van der Waals surface area contributed by atoms with Crippen LogP contribution < -0.4 is 30.7 Å². The van der Waals surface area contributed by atoms with Gasteiger partial charge in [-0.2, -0.15) is 20.5 Å². The highest BCUT2D eigenvalue weighted by Crippen LogP contribution is 2.33. The molecule has 0 saturated heterocycles. The number of alkyl halides is 3. The highest BCUT2D eigenvalue weighted by Gasteiger charge is 2.27. The van der Waals surface area contributed by atoms with Gasteiger partial charge in [0, 0.05) is 44.3 Å². The number of nitrogens with zero attached hydrogens (tertiary/aromatic N) is 4. The van der Waals surface area contributed by atoms with Crippen LogP contribution in [0.15, 0.2) is 111 Å². The summed E-state index contributed by atoms with van der Waals surface area (Å²) in [7, 11) is 2.95. The van der Waals surface area contributed by atoms with Crippen LogP contribution in [0.2, 0.25) is 10.0 Å². The molecule has 0 radical (unpaired) electrons. The van der Waals surface area contributed by atoms with Crippen LogP contribution in [0.3, 0.4) is 0 Å². The van der Waals surface area contributed by atoms with Crippen molar-refractivity contribution < 1.29 is 38.2 Å². The van der Waals surface area contributed by atoms with Crippen molar-refractivity contribution in [1.29, 1.82) is 0 Å². The number of ether oxygens (including phenoxy) is 2. The highest BCUT2D eigenvalue weighted by molar-refractivity contribution is 6.32. The normalized spacial score (nSPS) is 12.5. The monoisotopic (exact) mass is 1040 g/mol. The standard InChI is InChI=1S/C48H45Cl5N8O8/c1-25(51)37-24-34(54-47(66)43(26(2)62)60-58-35-20-30(18-32(52)22-35)45(64)56-39-9-6-28(12-14-49)16-41(39)68-4)8-11-38(37)55-48(67)44(27(3)63)61-59-36-21-31(19-33(53)23-36)46(65)57-40-10-7-29(13-15-50)17-42(40)69-5/h6-11,16-25,43-44H,12-15H2,1-5H3,(H,54,66)(H,55,67)(H,56,64)(H,57,65). The van der Waals surface area contributed by atoms with Gasteiger partial charge in [-0.15, -0.1) is 34.8 Å². The van der Waals surface area contributed by atoms with Crippen molar-refractivity contribution in [2.24, 2.45) is 20.5 Å². The number of ketones is 2. The second-order valence-corrected chi connectivity index (χ2v) is 17.4. The first-order valence-electron chi connectivity index (χ1n) is 20.8. The largest absolute Gasteiger partial charge is 0.495 e. The predicted octanol–water partition coefficient (Wildman–Crippen LogP) is 11.7. The number of anilines is 4. The maximum Gasteiger partial charge on any atom is 0.258 e. The molecule has 4 N–H and O–H groups in total. The highest BCUT2D eigenvalue weighted by atomic mass is 35.5. The van der Waals surface area contributed by atoms with Crippen LogP contribution in [-0.4, -0.2) is 73.3 Å². The van der Waals surface area contributed by atoms with Gasteiger partial charge in [-0.05, 0) is 129 Å². The smallest absolute Gasteiger partial charge is 0.258 e. The molecule has 0 aromatic heterocycles. The Morgan fingerprint density at radius 1 is 0.565 bits per heavy atom. The lowest BCUT2D eigenvalue weighted by Gasteiger charge is -2.17. The van der Waals surface area contributed by atoms with E-state index in [1.54, 1.807) is 31.2 Å². The quantitative estimate of drug-likeness (QED) is 0.0314. The fraction of sp³-hybridized carbons (Fsp3) is 0.250. The Bertz CT molecular complexity index is 2820. The van der Waals surface area contributed by atoms with Crippen LogP contribution >= 0.6 is 58.0 Å². The summed E-state index contributed by atoms with van der Waals surface area (Å²) in [4.78, 5) is 79.0. The molecule has 16 nitrogen and oxygen atoms in total. The molecule has 5 aromatic carbocycles. The molecule has 5 aromatic rings. The second kappa shape index (κ2) is 25.3. The Kier molecular flexibility index (Phi) is 19.6. The van der Waals surface area contributed by atoms with Crippen LogP contribution in [0.1, 0.15) is 63.6 Å².